The van der Waals surface area contributed by atoms with Crippen molar-refractivity contribution in [2.24, 2.45) is 0 Å². The van der Waals surface area contributed by atoms with Crippen LogP contribution in [0.2, 0.25) is 0 Å². The highest BCUT2D eigenvalue weighted by molar-refractivity contribution is 7.99. The van der Waals surface area contributed by atoms with E-state index in [-0.39, 0.29) is 17.2 Å². The zero-order chi connectivity index (χ0) is 14.7. The van der Waals surface area contributed by atoms with Gasteiger partial charge in [-0.1, -0.05) is 6.07 Å². The predicted molar refractivity (Wildman–Crippen MR) is 79.9 cm³/mol. The van der Waals surface area contributed by atoms with Crippen LogP contribution < -0.4 is 15.5 Å². The molecule has 1 heterocycles. The maximum atomic E-state index is 12.0. The number of benzene rings is 1. The van der Waals surface area contributed by atoms with Crippen molar-refractivity contribution >= 4 is 35.1 Å². The van der Waals surface area contributed by atoms with Gasteiger partial charge in [-0.3, -0.25) is 9.69 Å². The third-order valence-corrected chi connectivity index (χ3v) is 4.17. The lowest BCUT2D eigenvalue weighted by Crippen LogP contribution is -2.36. The van der Waals surface area contributed by atoms with E-state index in [1.54, 1.807) is 24.3 Å². The van der Waals surface area contributed by atoms with E-state index in [1.165, 1.54) is 23.7 Å². The van der Waals surface area contributed by atoms with Gasteiger partial charge in [0.1, 0.15) is 6.23 Å². The molecule has 0 aliphatic carbocycles. The number of nitrogens with one attached hydrogen (secondary N) is 2. The van der Waals surface area contributed by atoms with Gasteiger partial charge in [0.15, 0.2) is 0 Å². The van der Waals surface area contributed by atoms with E-state index in [0.29, 0.717) is 17.8 Å². The second kappa shape index (κ2) is 6.15. The molecule has 1 aliphatic heterocycles. The number of urea groups is 1. The quantitative estimate of drug-likeness (QED) is 0.783. The van der Waals surface area contributed by atoms with Crippen LogP contribution >= 0.6 is 11.8 Å². The molecule has 2 atom stereocenters. The van der Waals surface area contributed by atoms with Crippen LogP contribution in [0, 0.1) is 0 Å². The first-order valence-electron chi connectivity index (χ1n) is 6.18. The highest BCUT2D eigenvalue weighted by atomic mass is 32.2. The van der Waals surface area contributed by atoms with Crippen molar-refractivity contribution in [2.45, 2.75) is 17.9 Å². The summed E-state index contributed by atoms with van der Waals surface area (Å²) in [6.07, 6.45) is 1.34. The molecule has 0 radical (unpaired) electrons. The molecule has 7 heteroatoms. The van der Waals surface area contributed by atoms with Crippen LogP contribution in [0.1, 0.15) is 6.42 Å². The molecule has 2 rings (SSSR count). The fourth-order valence-electron chi connectivity index (χ4n) is 2.12. The number of nitrogens with zero attached hydrogens (tertiary/aromatic N) is 1. The van der Waals surface area contributed by atoms with Gasteiger partial charge in [0, 0.05) is 24.8 Å². The van der Waals surface area contributed by atoms with E-state index in [2.05, 4.69) is 10.6 Å². The van der Waals surface area contributed by atoms with E-state index in [9.17, 15) is 14.7 Å². The van der Waals surface area contributed by atoms with Gasteiger partial charge in [0.25, 0.3) is 0 Å². The summed E-state index contributed by atoms with van der Waals surface area (Å²) in [5.74, 6) is -0.117. The minimum atomic E-state index is -0.840. The van der Waals surface area contributed by atoms with Crippen LogP contribution in [-0.2, 0) is 4.79 Å². The predicted octanol–water partition coefficient (Wildman–Crippen LogP) is 1.22. The van der Waals surface area contributed by atoms with Gasteiger partial charge < -0.3 is 15.7 Å². The summed E-state index contributed by atoms with van der Waals surface area (Å²) in [4.78, 5) is 24.7. The fourth-order valence-corrected chi connectivity index (χ4v) is 2.79. The Kier molecular flexibility index (Phi) is 4.51. The summed E-state index contributed by atoms with van der Waals surface area (Å²) in [5.41, 5.74) is 1.14. The van der Waals surface area contributed by atoms with Crippen molar-refractivity contribution in [2.75, 3.05) is 23.5 Å². The average Bonchev–Trinajstić information content (AvgIpc) is 2.73. The number of rotatable bonds is 3. The van der Waals surface area contributed by atoms with Gasteiger partial charge in [0.05, 0.1) is 5.25 Å². The lowest BCUT2D eigenvalue weighted by molar-refractivity contribution is -0.117. The molecule has 0 saturated carbocycles. The minimum absolute atomic E-state index is 0.117. The van der Waals surface area contributed by atoms with Crippen LogP contribution in [0.25, 0.3) is 0 Å². The molecule has 20 heavy (non-hydrogen) atoms. The van der Waals surface area contributed by atoms with Crippen LogP contribution in [0.5, 0.6) is 0 Å². The molecular weight excluding hydrogens is 278 g/mol. The Labute approximate surface area is 121 Å². The van der Waals surface area contributed by atoms with Gasteiger partial charge in [-0.2, -0.15) is 11.8 Å². The second-order valence-electron chi connectivity index (χ2n) is 4.41. The molecule has 3 amide bonds. The molecule has 1 aliphatic rings. The number of carbonyl (C=O) groups excluding carboxylic acids is 2. The smallest absolute Gasteiger partial charge is 0.318 e. The van der Waals surface area contributed by atoms with E-state index < -0.39 is 6.23 Å². The Bertz CT molecular complexity index is 523. The molecule has 1 saturated heterocycles. The third-order valence-electron chi connectivity index (χ3n) is 3.15. The lowest BCUT2D eigenvalue weighted by atomic mass is 10.2. The molecule has 0 spiro atoms. The number of hydrogen-bond donors (Lipinski definition) is 3. The van der Waals surface area contributed by atoms with Crippen molar-refractivity contribution in [1.29, 1.82) is 0 Å². The molecule has 0 bridgehead atoms. The number of carbonyl (C=O) groups is 2. The average molecular weight is 295 g/mol. The number of aliphatic hydroxyl groups excluding tert-OH is 1. The summed E-state index contributed by atoms with van der Waals surface area (Å²) >= 11 is 1.47. The Morgan fingerprint density at radius 2 is 2.25 bits per heavy atom. The third kappa shape index (κ3) is 2.88. The first kappa shape index (κ1) is 14.7. The topological polar surface area (TPSA) is 81.7 Å². The Balaban J connectivity index is 2.22. The SMILES string of the molecule is CNC(=O)Nc1cccc(N2C(=O)CC(SC)C2O)c1. The van der Waals surface area contributed by atoms with Crippen LogP contribution in [0.3, 0.4) is 0 Å². The van der Waals surface area contributed by atoms with Crippen molar-refractivity contribution in [3.05, 3.63) is 24.3 Å². The standard InChI is InChI=1S/C13H17N3O3S/c1-14-13(19)15-8-4-3-5-9(6-8)16-11(17)7-10(20-2)12(16)18/h3-6,10,12,18H,7H2,1-2H3,(H2,14,15,19). The van der Waals surface area contributed by atoms with Crippen molar-refractivity contribution in [3.63, 3.8) is 0 Å². The minimum Gasteiger partial charge on any atom is -0.372 e. The van der Waals surface area contributed by atoms with Crippen molar-refractivity contribution in [1.82, 2.24) is 5.32 Å². The number of hydrogen-bond acceptors (Lipinski definition) is 4. The van der Waals surface area contributed by atoms with Gasteiger partial charge in [-0.15, -0.1) is 0 Å². The summed E-state index contributed by atoms with van der Waals surface area (Å²) in [6.45, 7) is 0. The molecule has 0 aromatic heterocycles. The summed E-state index contributed by atoms with van der Waals surface area (Å²) in [5, 5.41) is 15.1. The Hall–Kier alpha value is -1.73. The van der Waals surface area contributed by atoms with E-state index >= 15 is 0 Å². The molecule has 3 N–H and O–H groups in total. The lowest BCUT2D eigenvalue weighted by Gasteiger charge is -2.23. The highest BCUT2D eigenvalue weighted by Crippen LogP contribution is 2.32. The molecule has 1 aromatic rings. The molecule has 1 fully saturated rings. The largest absolute Gasteiger partial charge is 0.372 e. The molecule has 6 nitrogen and oxygen atoms in total. The normalized spacial score (nSPS) is 21.9. The van der Waals surface area contributed by atoms with Gasteiger partial charge in [-0.25, -0.2) is 4.79 Å². The summed E-state index contributed by atoms with van der Waals surface area (Å²) < 4.78 is 0. The van der Waals surface area contributed by atoms with Gasteiger partial charge in [-0.05, 0) is 24.5 Å². The van der Waals surface area contributed by atoms with Crippen LogP contribution in [0.15, 0.2) is 24.3 Å². The molecular formula is C13H17N3O3S. The van der Waals surface area contributed by atoms with Crippen molar-refractivity contribution < 1.29 is 14.7 Å². The van der Waals surface area contributed by atoms with Gasteiger partial charge in [0.2, 0.25) is 5.91 Å². The van der Waals surface area contributed by atoms with E-state index in [4.69, 9.17) is 0 Å². The first-order chi connectivity index (χ1) is 9.56. The molecule has 108 valence electrons. The maximum Gasteiger partial charge on any atom is 0.318 e. The van der Waals surface area contributed by atoms with Crippen molar-refractivity contribution in [3.8, 4) is 0 Å². The highest BCUT2D eigenvalue weighted by Gasteiger charge is 2.39. The zero-order valence-electron chi connectivity index (χ0n) is 11.3. The van der Waals surface area contributed by atoms with Crippen LogP contribution in [0.4, 0.5) is 16.2 Å². The molecule has 2 unspecified atom stereocenters. The fraction of sp³-hybridized carbons (Fsp3) is 0.385. The van der Waals surface area contributed by atoms with Crippen LogP contribution in [-0.4, -0.2) is 41.8 Å². The number of thioether (sulfide) groups is 1. The zero-order valence-corrected chi connectivity index (χ0v) is 12.1. The summed E-state index contributed by atoms with van der Waals surface area (Å²) in [7, 11) is 1.52. The molecule has 1 aromatic carbocycles. The van der Waals surface area contributed by atoms with E-state index in [0.717, 1.165) is 0 Å². The van der Waals surface area contributed by atoms with Gasteiger partial charge >= 0.3 is 6.03 Å². The first-order valence-corrected chi connectivity index (χ1v) is 7.47. The number of aliphatic hydroxyl groups is 1. The maximum absolute atomic E-state index is 12.0. The monoisotopic (exact) mass is 295 g/mol. The number of amides is 3. The Morgan fingerprint density at radius 3 is 2.85 bits per heavy atom. The van der Waals surface area contributed by atoms with E-state index in [1.807, 2.05) is 6.26 Å². The second-order valence-corrected chi connectivity index (χ2v) is 5.49. The Morgan fingerprint density at radius 1 is 1.50 bits per heavy atom. The summed E-state index contributed by atoms with van der Waals surface area (Å²) in [6, 6.07) is 6.51. The number of anilines is 2.